The highest BCUT2D eigenvalue weighted by atomic mass is 16.5. The van der Waals surface area contributed by atoms with Crippen LogP contribution in [-0.2, 0) is 14.4 Å². The van der Waals surface area contributed by atoms with Gasteiger partial charge in [-0.25, -0.2) is 0 Å². The number of hydrogen-bond donors (Lipinski definition) is 3. The van der Waals surface area contributed by atoms with Crippen molar-refractivity contribution in [3.8, 4) is 5.75 Å². The zero-order chi connectivity index (χ0) is 18.0. The van der Waals surface area contributed by atoms with Gasteiger partial charge in [-0.1, -0.05) is 32.0 Å². The average molecular weight is 336 g/mol. The summed E-state index contributed by atoms with van der Waals surface area (Å²) in [6.45, 7) is 3.16. The molecule has 0 aliphatic rings. The van der Waals surface area contributed by atoms with Crippen molar-refractivity contribution in [3.05, 3.63) is 30.3 Å². The molecule has 1 rings (SSSR count). The van der Waals surface area contributed by atoms with Crippen molar-refractivity contribution in [2.75, 3.05) is 19.7 Å². The first-order valence-electron chi connectivity index (χ1n) is 7.88. The predicted molar refractivity (Wildman–Crippen MR) is 88.6 cm³/mol. The van der Waals surface area contributed by atoms with E-state index < -0.39 is 23.2 Å². The zero-order valence-corrected chi connectivity index (χ0v) is 14.0. The summed E-state index contributed by atoms with van der Waals surface area (Å²) in [6, 6.07) is 8.86. The van der Waals surface area contributed by atoms with Gasteiger partial charge in [-0.3, -0.25) is 14.4 Å². The van der Waals surface area contributed by atoms with E-state index in [4.69, 9.17) is 4.74 Å². The van der Waals surface area contributed by atoms with Crippen LogP contribution >= 0.6 is 0 Å². The van der Waals surface area contributed by atoms with Gasteiger partial charge in [0.15, 0.2) is 6.61 Å². The van der Waals surface area contributed by atoms with Gasteiger partial charge in [-0.2, -0.15) is 0 Å². The Kier molecular flexibility index (Phi) is 7.74. The smallest absolute Gasteiger partial charge is 0.311 e. The van der Waals surface area contributed by atoms with Crippen molar-refractivity contribution in [2.24, 2.45) is 5.41 Å². The summed E-state index contributed by atoms with van der Waals surface area (Å²) in [5, 5.41) is 14.3. The summed E-state index contributed by atoms with van der Waals surface area (Å²) in [6.07, 6.45) is 0.826. The Labute approximate surface area is 141 Å². The number of para-hydroxylation sites is 1. The van der Waals surface area contributed by atoms with Crippen LogP contribution < -0.4 is 15.4 Å². The van der Waals surface area contributed by atoms with Gasteiger partial charge >= 0.3 is 5.97 Å². The number of benzene rings is 1. The number of amides is 2. The molecule has 0 spiro atoms. The van der Waals surface area contributed by atoms with E-state index in [-0.39, 0.29) is 19.7 Å². The molecule has 3 N–H and O–H groups in total. The summed E-state index contributed by atoms with van der Waals surface area (Å²) in [7, 11) is 0. The average Bonchev–Trinajstić information content (AvgIpc) is 2.60. The number of rotatable bonds is 10. The molecule has 0 fully saturated rings. The van der Waals surface area contributed by atoms with Crippen LogP contribution in [0.2, 0.25) is 0 Å². The normalized spacial score (nSPS) is 10.8. The van der Waals surface area contributed by atoms with E-state index in [9.17, 15) is 19.5 Å². The quantitative estimate of drug-likeness (QED) is 0.595. The van der Waals surface area contributed by atoms with Crippen molar-refractivity contribution in [2.45, 2.75) is 26.7 Å². The van der Waals surface area contributed by atoms with Crippen molar-refractivity contribution < 1.29 is 24.2 Å². The Bertz CT molecular complexity index is 555. The minimum atomic E-state index is -0.976. The second-order valence-electron chi connectivity index (χ2n) is 5.45. The number of carboxylic acid groups (broad SMARTS) is 1. The molecular formula is C17H24N2O5. The lowest BCUT2D eigenvalue weighted by Gasteiger charge is -2.26. The zero-order valence-electron chi connectivity index (χ0n) is 14.0. The Morgan fingerprint density at radius 3 is 2.21 bits per heavy atom. The molecule has 7 nitrogen and oxygen atoms in total. The third kappa shape index (κ3) is 5.91. The molecule has 0 saturated carbocycles. The van der Waals surface area contributed by atoms with Crippen LogP contribution in [0.3, 0.4) is 0 Å². The number of carbonyl (C=O) groups excluding carboxylic acids is 2. The molecule has 0 atom stereocenters. The fraction of sp³-hybridized carbons (Fsp3) is 0.471. The maximum Gasteiger partial charge on any atom is 0.311 e. The van der Waals surface area contributed by atoms with Crippen molar-refractivity contribution in [1.82, 2.24) is 10.6 Å². The molecule has 0 unspecified atom stereocenters. The van der Waals surface area contributed by atoms with E-state index >= 15 is 0 Å². The van der Waals surface area contributed by atoms with Crippen LogP contribution in [0, 0.1) is 5.41 Å². The SMILES string of the molecule is CCC(CC)(CNC(=O)CNC(=O)COc1ccccc1)C(=O)O. The van der Waals surface area contributed by atoms with Gasteiger partial charge in [-0.15, -0.1) is 0 Å². The highest BCUT2D eigenvalue weighted by molar-refractivity contribution is 5.85. The number of carboxylic acids is 1. The van der Waals surface area contributed by atoms with Crippen molar-refractivity contribution in [3.63, 3.8) is 0 Å². The fourth-order valence-corrected chi connectivity index (χ4v) is 2.10. The summed E-state index contributed by atoms with van der Waals surface area (Å²) in [5.41, 5.74) is -0.976. The summed E-state index contributed by atoms with van der Waals surface area (Å²) < 4.78 is 5.26. The van der Waals surface area contributed by atoms with E-state index in [2.05, 4.69) is 10.6 Å². The Balaban J connectivity index is 2.32. The summed E-state index contributed by atoms with van der Waals surface area (Å²) >= 11 is 0. The first-order chi connectivity index (χ1) is 11.4. The molecule has 0 heterocycles. The molecule has 0 saturated heterocycles. The summed E-state index contributed by atoms with van der Waals surface area (Å²) in [5.74, 6) is -1.23. The molecule has 2 amide bonds. The van der Waals surface area contributed by atoms with E-state index in [1.54, 1.807) is 38.1 Å². The molecule has 0 bridgehead atoms. The molecular weight excluding hydrogens is 312 g/mol. The second kappa shape index (κ2) is 9.54. The van der Waals surface area contributed by atoms with Gasteiger partial charge < -0.3 is 20.5 Å². The Morgan fingerprint density at radius 1 is 1.04 bits per heavy atom. The largest absolute Gasteiger partial charge is 0.484 e. The standard InChI is InChI=1S/C17H24N2O5/c1-3-17(4-2,16(22)23)12-19-14(20)10-18-15(21)11-24-13-8-6-5-7-9-13/h5-9H,3-4,10-12H2,1-2H3,(H,18,21)(H,19,20)(H,22,23). The lowest BCUT2D eigenvalue weighted by atomic mass is 9.82. The molecule has 0 aromatic heterocycles. The van der Waals surface area contributed by atoms with Crippen LogP contribution in [0.5, 0.6) is 5.75 Å². The first-order valence-corrected chi connectivity index (χ1v) is 7.88. The van der Waals surface area contributed by atoms with E-state index in [1.165, 1.54) is 0 Å². The molecule has 0 aliphatic heterocycles. The number of carbonyl (C=O) groups is 3. The Morgan fingerprint density at radius 2 is 1.67 bits per heavy atom. The Hall–Kier alpha value is -2.57. The number of ether oxygens (including phenoxy) is 1. The third-order valence-corrected chi connectivity index (χ3v) is 3.99. The van der Waals surface area contributed by atoms with Gasteiger partial charge in [0.05, 0.1) is 12.0 Å². The van der Waals surface area contributed by atoms with Crippen LogP contribution in [0.4, 0.5) is 0 Å². The maximum absolute atomic E-state index is 11.8. The number of aliphatic carboxylic acids is 1. The molecule has 24 heavy (non-hydrogen) atoms. The van der Waals surface area contributed by atoms with Crippen molar-refractivity contribution >= 4 is 17.8 Å². The van der Waals surface area contributed by atoms with E-state index in [0.717, 1.165) is 0 Å². The molecule has 132 valence electrons. The monoisotopic (exact) mass is 336 g/mol. The number of hydrogen-bond acceptors (Lipinski definition) is 4. The third-order valence-electron chi connectivity index (χ3n) is 3.99. The molecule has 0 radical (unpaired) electrons. The fourth-order valence-electron chi connectivity index (χ4n) is 2.10. The van der Waals surface area contributed by atoms with Crippen LogP contribution in [0.25, 0.3) is 0 Å². The van der Waals surface area contributed by atoms with Crippen molar-refractivity contribution in [1.29, 1.82) is 0 Å². The van der Waals surface area contributed by atoms with Gasteiger partial charge in [0.25, 0.3) is 5.91 Å². The second-order valence-corrected chi connectivity index (χ2v) is 5.45. The molecule has 1 aromatic rings. The summed E-state index contributed by atoms with van der Waals surface area (Å²) in [4.78, 5) is 34.7. The minimum absolute atomic E-state index is 0.0323. The first kappa shape index (κ1) is 19.5. The van der Waals surface area contributed by atoms with Gasteiger partial charge in [0.2, 0.25) is 5.91 Å². The highest BCUT2D eigenvalue weighted by Crippen LogP contribution is 2.25. The van der Waals surface area contributed by atoms with E-state index in [0.29, 0.717) is 18.6 Å². The lowest BCUT2D eigenvalue weighted by Crippen LogP contribution is -2.45. The van der Waals surface area contributed by atoms with Crippen LogP contribution in [0.1, 0.15) is 26.7 Å². The predicted octanol–water partition coefficient (Wildman–Crippen LogP) is 1.19. The number of nitrogens with one attached hydrogen (secondary N) is 2. The van der Waals surface area contributed by atoms with Gasteiger partial charge in [0.1, 0.15) is 5.75 Å². The topological polar surface area (TPSA) is 105 Å². The van der Waals surface area contributed by atoms with Crippen LogP contribution in [0.15, 0.2) is 30.3 Å². The van der Waals surface area contributed by atoms with E-state index in [1.807, 2.05) is 6.07 Å². The lowest BCUT2D eigenvalue weighted by molar-refractivity contribution is -0.149. The highest BCUT2D eigenvalue weighted by Gasteiger charge is 2.35. The maximum atomic E-state index is 11.8. The minimum Gasteiger partial charge on any atom is -0.484 e. The molecule has 0 aliphatic carbocycles. The van der Waals surface area contributed by atoms with Gasteiger partial charge in [-0.05, 0) is 25.0 Å². The van der Waals surface area contributed by atoms with Gasteiger partial charge in [0, 0.05) is 6.54 Å². The van der Waals surface area contributed by atoms with Crippen LogP contribution in [-0.4, -0.2) is 42.6 Å². The molecule has 1 aromatic carbocycles. The molecule has 7 heteroatoms.